The first kappa shape index (κ1) is 11.5. The fourth-order valence-corrected chi connectivity index (χ4v) is 2.25. The van der Waals surface area contributed by atoms with Crippen LogP contribution in [0.3, 0.4) is 0 Å². The summed E-state index contributed by atoms with van der Waals surface area (Å²) >= 11 is 0. The monoisotopic (exact) mass is 229 g/mol. The normalized spacial score (nSPS) is 21.6. The molecule has 0 saturated heterocycles. The predicted octanol–water partition coefficient (Wildman–Crippen LogP) is 3.15. The van der Waals surface area contributed by atoms with Crippen molar-refractivity contribution in [2.45, 2.75) is 57.4 Å². The summed E-state index contributed by atoms with van der Waals surface area (Å²) in [4.78, 5) is 0. The summed E-state index contributed by atoms with van der Waals surface area (Å²) in [6, 6.07) is 0.145. The van der Waals surface area contributed by atoms with Crippen LogP contribution < -0.4 is 0 Å². The average molecular weight is 229 g/mol. The Bertz CT molecular complexity index is 350. The lowest BCUT2D eigenvalue weighted by atomic mass is 9.92. The first-order chi connectivity index (χ1) is 7.49. The molecule has 0 N–H and O–H groups in total. The van der Waals surface area contributed by atoms with E-state index in [0.717, 1.165) is 5.82 Å². The van der Waals surface area contributed by atoms with Gasteiger partial charge in [-0.3, -0.25) is 0 Å². The Morgan fingerprint density at radius 1 is 1.38 bits per heavy atom. The Labute approximate surface area is 93.9 Å². The van der Waals surface area contributed by atoms with Crippen LogP contribution in [0.1, 0.15) is 57.3 Å². The minimum atomic E-state index is -2.47. The van der Waals surface area contributed by atoms with Gasteiger partial charge in [-0.05, 0) is 12.8 Å². The molecule has 2 rings (SSSR count). The van der Waals surface area contributed by atoms with E-state index in [2.05, 4.69) is 10.2 Å². The van der Waals surface area contributed by atoms with E-state index in [-0.39, 0.29) is 24.8 Å². The summed E-state index contributed by atoms with van der Waals surface area (Å²) in [5, 5.41) is 7.93. The number of halogens is 2. The molecule has 90 valence electrons. The zero-order chi connectivity index (χ0) is 11.8. The third-order valence-electron chi connectivity index (χ3n) is 3.20. The lowest BCUT2D eigenvalue weighted by Gasteiger charge is -2.29. The molecule has 1 aliphatic carbocycles. The van der Waals surface area contributed by atoms with Gasteiger partial charge in [0, 0.05) is 24.8 Å². The fourth-order valence-electron chi connectivity index (χ4n) is 2.25. The van der Waals surface area contributed by atoms with Gasteiger partial charge in [0.15, 0.2) is 0 Å². The molecular formula is C11H17F2N3. The Morgan fingerprint density at radius 3 is 2.56 bits per heavy atom. The zero-order valence-corrected chi connectivity index (χ0v) is 9.66. The maximum Gasteiger partial charge on any atom is 0.248 e. The van der Waals surface area contributed by atoms with Gasteiger partial charge in [0.25, 0.3) is 0 Å². The molecule has 1 aromatic rings. The molecule has 0 atom stereocenters. The Balaban J connectivity index is 2.11. The van der Waals surface area contributed by atoms with Gasteiger partial charge < -0.3 is 4.57 Å². The minimum Gasteiger partial charge on any atom is -0.314 e. The van der Waals surface area contributed by atoms with Gasteiger partial charge in [-0.2, -0.15) is 0 Å². The highest BCUT2D eigenvalue weighted by molar-refractivity contribution is 4.96. The Kier molecular flexibility index (Phi) is 2.95. The number of rotatable bonds is 2. The van der Waals surface area contributed by atoms with Crippen molar-refractivity contribution in [1.82, 2.24) is 14.8 Å². The van der Waals surface area contributed by atoms with Gasteiger partial charge in [-0.15, -0.1) is 10.2 Å². The van der Waals surface area contributed by atoms with Crippen molar-refractivity contribution < 1.29 is 8.78 Å². The first-order valence-corrected chi connectivity index (χ1v) is 5.77. The van der Waals surface area contributed by atoms with E-state index in [1.54, 1.807) is 6.33 Å². The smallest absolute Gasteiger partial charge is 0.248 e. The minimum absolute atomic E-state index is 0.0205. The van der Waals surface area contributed by atoms with E-state index in [1.165, 1.54) is 0 Å². The summed E-state index contributed by atoms with van der Waals surface area (Å²) in [6.45, 7) is 4.08. The molecule has 0 aliphatic heterocycles. The van der Waals surface area contributed by atoms with Gasteiger partial charge in [0.1, 0.15) is 12.2 Å². The molecule has 0 aromatic carbocycles. The Hall–Kier alpha value is -1.00. The molecule has 3 nitrogen and oxygen atoms in total. The van der Waals surface area contributed by atoms with Crippen LogP contribution in [0.4, 0.5) is 8.78 Å². The van der Waals surface area contributed by atoms with Crippen LogP contribution in [0.25, 0.3) is 0 Å². The van der Waals surface area contributed by atoms with Gasteiger partial charge in [-0.25, -0.2) is 8.78 Å². The largest absolute Gasteiger partial charge is 0.314 e. The zero-order valence-electron chi connectivity index (χ0n) is 9.66. The summed E-state index contributed by atoms with van der Waals surface area (Å²) in [5.41, 5.74) is 0. The maximum atomic E-state index is 13.0. The molecule has 0 radical (unpaired) electrons. The molecule has 0 bridgehead atoms. The van der Waals surface area contributed by atoms with Crippen molar-refractivity contribution in [2.75, 3.05) is 0 Å². The third kappa shape index (κ3) is 2.23. The predicted molar refractivity (Wildman–Crippen MR) is 56.6 cm³/mol. The second-order valence-electron chi connectivity index (χ2n) is 4.84. The fraction of sp³-hybridized carbons (Fsp3) is 0.818. The van der Waals surface area contributed by atoms with Crippen LogP contribution >= 0.6 is 0 Å². The van der Waals surface area contributed by atoms with Crippen molar-refractivity contribution in [1.29, 1.82) is 0 Å². The number of nitrogens with zero attached hydrogens (tertiary/aromatic N) is 3. The molecule has 1 fully saturated rings. The molecular weight excluding hydrogens is 212 g/mol. The highest BCUT2D eigenvalue weighted by Crippen LogP contribution is 2.39. The van der Waals surface area contributed by atoms with Crippen molar-refractivity contribution in [3.63, 3.8) is 0 Å². The Morgan fingerprint density at radius 2 is 2.00 bits per heavy atom. The second kappa shape index (κ2) is 4.11. The van der Waals surface area contributed by atoms with Crippen LogP contribution in [-0.4, -0.2) is 20.7 Å². The summed E-state index contributed by atoms with van der Waals surface area (Å²) in [5.74, 6) is -1.29. The van der Waals surface area contributed by atoms with Crippen molar-refractivity contribution in [2.24, 2.45) is 0 Å². The van der Waals surface area contributed by atoms with Crippen LogP contribution in [0.2, 0.25) is 0 Å². The third-order valence-corrected chi connectivity index (χ3v) is 3.20. The average Bonchev–Trinajstić information content (AvgIpc) is 2.66. The van der Waals surface area contributed by atoms with Gasteiger partial charge in [-0.1, -0.05) is 13.8 Å². The highest BCUT2D eigenvalue weighted by Gasteiger charge is 2.36. The lowest BCUT2D eigenvalue weighted by Crippen LogP contribution is -2.27. The van der Waals surface area contributed by atoms with Crippen LogP contribution in [0.15, 0.2) is 6.33 Å². The molecule has 1 aromatic heterocycles. The number of aromatic nitrogens is 3. The number of hydrogen-bond acceptors (Lipinski definition) is 2. The molecule has 1 heterocycles. The molecule has 5 heteroatoms. The highest BCUT2D eigenvalue weighted by atomic mass is 19.3. The second-order valence-corrected chi connectivity index (χ2v) is 4.84. The summed E-state index contributed by atoms with van der Waals surface area (Å²) in [6.07, 6.45) is 2.67. The molecule has 16 heavy (non-hydrogen) atoms. The van der Waals surface area contributed by atoms with E-state index in [1.807, 2.05) is 18.4 Å². The molecule has 1 aliphatic rings. The standard InChI is InChI=1S/C11H17F2N3/c1-8(2)10-15-14-7-16(10)9-3-5-11(12,13)6-4-9/h7-9H,3-6H2,1-2H3. The lowest BCUT2D eigenvalue weighted by molar-refractivity contribution is -0.0442. The number of hydrogen-bond donors (Lipinski definition) is 0. The van der Waals surface area contributed by atoms with Crippen LogP contribution in [0, 0.1) is 0 Å². The van der Waals surface area contributed by atoms with Gasteiger partial charge >= 0.3 is 0 Å². The van der Waals surface area contributed by atoms with Crippen LogP contribution in [-0.2, 0) is 0 Å². The maximum absolute atomic E-state index is 13.0. The van der Waals surface area contributed by atoms with Gasteiger partial charge in [0.05, 0.1) is 0 Å². The molecule has 0 amide bonds. The van der Waals surface area contributed by atoms with E-state index in [9.17, 15) is 8.78 Å². The quantitative estimate of drug-likeness (QED) is 0.780. The summed E-state index contributed by atoms with van der Waals surface area (Å²) < 4.78 is 28.0. The van der Waals surface area contributed by atoms with E-state index in [4.69, 9.17) is 0 Å². The SMILES string of the molecule is CC(C)c1nncn1C1CCC(F)(F)CC1. The van der Waals surface area contributed by atoms with Crippen molar-refractivity contribution >= 4 is 0 Å². The van der Waals surface area contributed by atoms with E-state index >= 15 is 0 Å². The van der Waals surface area contributed by atoms with E-state index < -0.39 is 5.92 Å². The number of alkyl halides is 2. The first-order valence-electron chi connectivity index (χ1n) is 5.77. The molecule has 1 saturated carbocycles. The summed E-state index contributed by atoms with van der Waals surface area (Å²) in [7, 11) is 0. The van der Waals surface area contributed by atoms with Crippen LogP contribution in [0.5, 0.6) is 0 Å². The molecule has 0 spiro atoms. The topological polar surface area (TPSA) is 30.7 Å². The van der Waals surface area contributed by atoms with Crippen molar-refractivity contribution in [3.8, 4) is 0 Å². The molecule has 0 unspecified atom stereocenters. The van der Waals surface area contributed by atoms with E-state index in [0.29, 0.717) is 12.8 Å². The van der Waals surface area contributed by atoms with Crippen molar-refractivity contribution in [3.05, 3.63) is 12.2 Å². The van der Waals surface area contributed by atoms with Gasteiger partial charge in [0.2, 0.25) is 5.92 Å².